The maximum absolute atomic E-state index is 12.2. The van der Waals surface area contributed by atoms with Crippen molar-refractivity contribution in [3.8, 4) is 0 Å². The monoisotopic (exact) mass is 308 g/mol. The molecule has 22 heavy (non-hydrogen) atoms. The molecule has 1 heterocycles. The minimum Gasteiger partial charge on any atom is -0.469 e. The molecule has 0 fully saturated rings. The van der Waals surface area contributed by atoms with Gasteiger partial charge in [-0.1, -0.05) is 6.07 Å². The van der Waals surface area contributed by atoms with Crippen molar-refractivity contribution in [3.63, 3.8) is 0 Å². The predicted octanol–water partition coefficient (Wildman–Crippen LogP) is 0.926. The number of carbonyl (C=O) groups is 3. The van der Waals surface area contributed by atoms with E-state index in [4.69, 9.17) is 4.74 Å². The van der Waals surface area contributed by atoms with E-state index < -0.39 is 17.8 Å². The second-order valence-corrected chi connectivity index (χ2v) is 4.48. The van der Waals surface area contributed by atoms with E-state index >= 15 is 0 Å². The highest BCUT2D eigenvalue weighted by molar-refractivity contribution is 5.94. The molecule has 1 amide bonds. The number of pyridine rings is 1. The molecule has 0 saturated carbocycles. The highest BCUT2D eigenvalue weighted by atomic mass is 16.5. The van der Waals surface area contributed by atoms with Crippen molar-refractivity contribution in [1.29, 1.82) is 0 Å². The van der Waals surface area contributed by atoms with E-state index in [0.29, 0.717) is 0 Å². The maximum Gasteiger partial charge on any atom is 0.315 e. The van der Waals surface area contributed by atoms with Gasteiger partial charge >= 0.3 is 11.9 Å². The zero-order valence-electron chi connectivity index (χ0n) is 12.8. The van der Waals surface area contributed by atoms with E-state index in [1.54, 1.807) is 25.4 Å². The number of hydrogen-bond donors (Lipinski definition) is 0. The van der Waals surface area contributed by atoms with Gasteiger partial charge < -0.3 is 14.4 Å². The molecule has 1 aromatic heterocycles. The molecule has 120 valence electrons. The fraction of sp³-hybridized carbons (Fsp3) is 0.467. The molecule has 1 rings (SSSR count). The highest BCUT2D eigenvalue weighted by Crippen LogP contribution is 2.07. The van der Waals surface area contributed by atoms with Crippen molar-refractivity contribution >= 4 is 17.8 Å². The Labute approximate surface area is 129 Å². The van der Waals surface area contributed by atoms with Crippen molar-refractivity contribution in [2.45, 2.75) is 26.3 Å². The van der Waals surface area contributed by atoms with Gasteiger partial charge in [0.15, 0.2) is 0 Å². The van der Waals surface area contributed by atoms with E-state index in [1.807, 2.05) is 6.07 Å². The summed E-state index contributed by atoms with van der Waals surface area (Å²) in [6.45, 7) is 2.33. The lowest BCUT2D eigenvalue weighted by atomic mass is 10.2. The molecule has 0 aliphatic carbocycles. The molecule has 0 atom stereocenters. The largest absolute Gasteiger partial charge is 0.469 e. The fourth-order valence-corrected chi connectivity index (χ4v) is 1.78. The second kappa shape index (κ2) is 9.49. The minimum absolute atomic E-state index is 0.0608. The van der Waals surface area contributed by atoms with Crippen molar-refractivity contribution in [2.75, 3.05) is 20.3 Å². The van der Waals surface area contributed by atoms with Crippen LogP contribution >= 0.6 is 0 Å². The summed E-state index contributed by atoms with van der Waals surface area (Å²) in [6.07, 6.45) is 2.96. The van der Waals surface area contributed by atoms with Crippen LogP contribution in [0.2, 0.25) is 0 Å². The fourth-order valence-electron chi connectivity index (χ4n) is 1.78. The summed E-state index contributed by atoms with van der Waals surface area (Å²) in [5.74, 6) is -1.40. The Balaban J connectivity index is 2.70. The first kappa shape index (κ1) is 17.6. The normalized spacial score (nSPS) is 9.91. The Bertz CT molecular complexity index is 504. The Morgan fingerprint density at radius 2 is 2.05 bits per heavy atom. The third-order valence-electron chi connectivity index (χ3n) is 2.86. The van der Waals surface area contributed by atoms with Crippen LogP contribution in [0.15, 0.2) is 24.5 Å². The first-order valence-corrected chi connectivity index (χ1v) is 6.96. The van der Waals surface area contributed by atoms with Gasteiger partial charge in [-0.3, -0.25) is 19.4 Å². The summed E-state index contributed by atoms with van der Waals surface area (Å²) in [7, 11) is 1.29. The molecule has 7 heteroatoms. The van der Waals surface area contributed by atoms with Crippen molar-refractivity contribution in [2.24, 2.45) is 0 Å². The van der Waals surface area contributed by atoms with Crippen molar-refractivity contribution in [1.82, 2.24) is 9.88 Å². The molecule has 0 radical (unpaired) electrons. The minimum atomic E-state index is -0.582. The van der Waals surface area contributed by atoms with Crippen LogP contribution < -0.4 is 0 Å². The first-order valence-electron chi connectivity index (χ1n) is 6.96. The average Bonchev–Trinajstić information content (AvgIpc) is 2.52. The Morgan fingerprint density at radius 3 is 2.64 bits per heavy atom. The van der Waals surface area contributed by atoms with Gasteiger partial charge in [0.2, 0.25) is 5.91 Å². The molecule has 1 aromatic rings. The molecule has 0 aromatic carbocycles. The lowest BCUT2D eigenvalue weighted by Gasteiger charge is -2.22. The number of hydrogen-bond acceptors (Lipinski definition) is 6. The second-order valence-electron chi connectivity index (χ2n) is 4.48. The molecule has 0 bridgehead atoms. The number of esters is 2. The summed E-state index contributed by atoms with van der Waals surface area (Å²) in [5, 5.41) is 0. The standard InChI is InChI=1S/C15H20N2O5/c1-3-22-15(20)9-13(18)17(8-6-14(19)21-2)11-12-5-4-7-16-10-12/h4-5,7,10H,3,6,8-9,11H2,1-2H3. The number of ether oxygens (including phenoxy) is 2. The Hall–Kier alpha value is -2.44. The summed E-state index contributed by atoms with van der Waals surface area (Å²) in [5.41, 5.74) is 0.810. The number of rotatable bonds is 8. The van der Waals surface area contributed by atoms with Crippen LogP contribution in [0.25, 0.3) is 0 Å². The number of carbonyl (C=O) groups excluding carboxylic acids is 3. The summed E-state index contributed by atoms with van der Waals surface area (Å²) >= 11 is 0. The molecular formula is C15H20N2O5. The lowest BCUT2D eigenvalue weighted by molar-refractivity contribution is -0.149. The maximum atomic E-state index is 12.2. The lowest BCUT2D eigenvalue weighted by Crippen LogP contribution is -2.34. The molecular weight excluding hydrogens is 288 g/mol. The van der Waals surface area contributed by atoms with E-state index in [9.17, 15) is 14.4 Å². The van der Waals surface area contributed by atoms with Gasteiger partial charge in [0, 0.05) is 25.5 Å². The Morgan fingerprint density at radius 1 is 1.27 bits per heavy atom. The smallest absolute Gasteiger partial charge is 0.315 e. The quantitative estimate of drug-likeness (QED) is 0.524. The van der Waals surface area contributed by atoms with Gasteiger partial charge in [0.1, 0.15) is 6.42 Å². The van der Waals surface area contributed by atoms with Gasteiger partial charge in [0.25, 0.3) is 0 Å². The number of nitrogens with zero attached hydrogens (tertiary/aromatic N) is 2. The van der Waals surface area contributed by atoms with E-state index in [0.717, 1.165) is 5.56 Å². The van der Waals surface area contributed by atoms with E-state index in [-0.39, 0.29) is 32.5 Å². The third-order valence-corrected chi connectivity index (χ3v) is 2.86. The summed E-state index contributed by atoms with van der Waals surface area (Å²) in [4.78, 5) is 40.3. The van der Waals surface area contributed by atoms with Crippen LogP contribution in [0.3, 0.4) is 0 Å². The molecule has 0 spiro atoms. The van der Waals surface area contributed by atoms with Gasteiger partial charge in [0.05, 0.1) is 20.1 Å². The molecule has 0 aliphatic rings. The zero-order chi connectivity index (χ0) is 16.4. The SMILES string of the molecule is CCOC(=O)CC(=O)N(CCC(=O)OC)Cc1cccnc1. The third kappa shape index (κ3) is 6.34. The number of amides is 1. The highest BCUT2D eigenvalue weighted by Gasteiger charge is 2.19. The topological polar surface area (TPSA) is 85.8 Å². The summed E-state index contributed by atoms with van der Waals surface area (Å²) < 4.78 is 9.34. The molecule has 0 unspecified atom stereocenters. The van der Waals surface area contributed by atoms with Crippen LogP contribution in [0.4, 0.5) is 0 Å². The zero-order valence-corrected chi connectivity index (χ0v) is 12.8. The average molecular weight is 308 g/mol. The van der Waals surface area contributed by atoms with Gasteiger partial charge in [-0.15, -0.1) is 0 Å². The number of methoxy groups -OCH3 is 1. The van der Waals surface area contributed by atoms with Crippen molar-refractivity contribution in [3.05, 3.63) is 30.1 Å². The van der Waals surface area contributed by atoms with Crippen molar-refractivity contribution < 1.29 is 23.9 Å². The van der Waals surface area contributed by atoms with Crippen LogP contribution in [0.5, 0.6) is 0 Å². The van der Waals surface area contributed by atoms with E-state index in [1.165, 1.54) is 12.0 Å². The predicted molar refractivity (Wildman–Crippen MR) is 77.5 cm³/mol. The van der Waals surface area contributed by atoms with E-state index in [2.05, 4.69) is 9.72 Å². The summed E-state index contributed by atoms with van der Waals surface area (Å²) in [6, 6.07) is 3.57. The van der Waals surface area contributed by atoms with Crippen LogP contribution in [0, 0.1) is 0 Å². The number of aromatic nitrogens is 1. The molecule has 7 nitrogen and oxygen atoms in total. The molecule has 0 aliphatic heterocycles. The van der Waals surface area contributed by atoms with Crippen LogP contribution in [-0.2, 0) is 30.4 Å². The van der Waals surface area contributed by atoms with Crippen LogP contribution in [0.1, 0.15) is 25.3 Å². The first-order chi connectivity index (χ1) is 10.6. The van der Waals surface area contributed by atoms with Gasteiger partial charge in [-0.25, -0.2) is 0 Å². The molecule has 0 saturated heterocycles. The van der Waals surface area contributed by atoms with Gasteiger partial charge in [-0.2, -0.15) is 0 Å². The van der Waals surface area contributed by atoms with Gasteiger partial charge in [-0.05, 0) is 18.6 Å². The Kier molecular flexibility index (Phi) is 7.60. The van der Waals surface area contributed by atoms with Crippen LogP contribution in [-0.4, -0.2) is 48.0 Å². The molecule has 0 N–H and O–H groups in total.